The Kier molecular flexibility index (Phi) is 7.37. The Labute approximate surface area is 157 Å². The second-order valence-corrected chi connectivity index (χ2v) is 5.65. The van der Waals surface area contributed by atoms with Crippen LogP contribution in [0.1, 0.15) is 24.2 Å². The molecule has 7 nitrogen and oxygen atoms in total. The average molecular weight is 370 g/mol. The number of carbonyl (C=O) groups is 3. The molecule has 0 aromatic heterocycles. The van der Waals surface area contributed by atoms with Crippen molar-refractivity contribution in [2.75, 3.05) is 13.7 Å². The van der Waals surface area contributed by atoms with Crippen LogP contribution in [0.2, 0.25) is 0 Å². The number of hydrogen-bond acceptors (Lipinski definition) is 5. The molecule has 0 saturated heterocycles. The van der Waals surface area contributed by atoms with Gasteiger partial charge >= 0.3 is 12.0 Å². The first-order valence-corrected chi connectivity index (χ1v) is 8.49. The first-order valence-electron chi connectivity index (χ1n) is 8.49. The first-order chi connectivity index (χ1) is 13.0. The zero-order chi connectivity index (χ0) is 19.6. The van der Waals surface area contributed by atoms with Crippen LogP contribution >= 0.6 is 0 Å². The molecule has 27 heavy (non-hydrogen) atoms. The van der Waals surface area contributed by atoms with Gasteiger partial charge in [0.25, 0.3) is 5.91 Å². The Bertz CT molecular complexity index is 775. The van der Waals surface area contributed by atoms with E-state index < -0.39 is 24.0 Å². The van der Waals surface area contributed by atoms with Crippen molar-refractivity contribution < 1.29 is 23.9 Å². The molecule has 2 aromatic rings. The summed E-state index contributed by atoms with van der Waals surface area (Å²) in [7, 11) is 1.56. The van der Waals surface area contributed by atoms with Crippen molar-refractivity contribution in [3.63, 3.8) is 0 Å². The molecule has 0 radical (unpaired) electrons. The van der Waals surface area contributed by atoms with Crippen molar-refractivity contribution in [3.05, 3.63) is 65.7 Å². The van der Waals surface area contributed by atoms with Gasteiger partial charge in [-0.1, -0.05) is 42.5 Å². The molecule has 2 rings (SSSR count). The molecule has 0 aliphatic heterocycles. The van der Waals surface area contributed by atoms with Crippen molar-refractivity contribution >= 4 is 17.9 Å². The summed E-state index contributed by atoms with van der Waals surface area (Å²) >= 11 is 0. The molecule has 0 spiro atoms. The first kappa shape index (κ1) is 20.0. The molecule has 0 heterocycles. The number of nitrogens with one attached hydrogen (secondary N) is 2. The monoisotopic (exact) mass is 370 g/mol. The fraction of sp³-hybridized carbons (Fsp3) is 0.250. The summed E-state index contributed by atoms with van der Waals surface area (Å²) < 4.78 is 10.5. The number of urea groups is 1. The fourth-order valence-electron chi connectivity index (χ4n) is 2.37. The number of carbonyl (C=O) groups excluding carboxylic acids is 3. The van der Waals surface area contributed by atoms with Crippen LogP contribution in [0, 0.1) is 0 Å². The largest absolute Gasteiger partial charge is 0.497 e. The Morgan fingerprint density at radius 2 is 1.67 bits per heavy atom. The third-order valence-electron chi connectivity index (χ3n) is 3.67. The third-order valence-corrected chi connectivity index (χ3v) is 3.67. The Morgan fingerprint density at radius 3 is 2.26 bits per heavy atom. The zero-order valence-electron chi connectivity index (χ0n) is 15.2. The average Bonchev–Trinajstić information content (AvgIpc) is 2.67. The van der Waals surface area contributed by atoms with Crippen LogP contribution in [0.15, 0.2) is 54.6 Å². The number of ether oxygens (including phenoxy) is 2. The van der Waals surface area contributed by atoms with Gasteiger partial charge in [-0.3, -0.25) is 14.9 Å². The lowest BCUT2D eigenvalue weighted by Gasteiger charge is -2.17. The van der Waals surface area contributed by atoms with Gasteiger partial charge in [0.05, 0.1) is 13.5 Å². The normalized spacial score (nSPS) is 11.2. The highest BCUT2D eigenvalue weighted by Gasteiger charge is 2.26. The molecule has 0 fully saturated rings. The van der Waals surface area contributed by atoms with Gasteiger partial charge in [0.1, 0.15) is 5.75 Å². The van der Waals surface area contributed by atoms with Crippen molar-refractivity contribution in [1.82, 2.24) is 10.6 Å². The summed E-state index contributed by atoms with van der Waals surface area (Å²) in [6.45, 7) is 2.10. The highest BCUT2D eigenvalue weighted by Crippen LogP contribution is 2.19. The van der Waals surface area contributed by atoms with Crippen LogP contribution < -0.4 is 15.4 Å². The van der Waals surface area contributed by atoms with Crippen LogP contribution in [-0.4, -0.2) is 31.6 Å². The van der Waals surface area contributed by atoms with Gasteiger partial charge in [-0.15, -0.1) is 0 Å². The maximum atomic E-state index is 12.4. The van der Waals surface area contributed by atoms with Crippen molar-refractivity contribution in [3.8, 4) is 5.75 Å². The maximum absolute atomic E-state index is 12.4. The molecule has 0 saturated carbocycles. The number of amides is 3. The van der Waals surface area contributed by atoms with Gasteiger partial charge in [-0.25, -0.2) is 4.79 Å². The fourth-order valence-corrected chi connectivity index (χ4v) is 2.37. The number of hydrogen-bond donors (Lipinski definition) is 2. The van der Waals surface area contributed by atoms with E-state index >= 15 is 0 Å². The van der Waals surface area contributed by atoms with Crippen LogP contribution in [-0.2, 0) is 20.7 Å². The highest BCUT2D eigenvalue weighted by molar-refractivity contribution is 5.97. The van der Waals surface area contributed by atoms with Crippen molar-refractivity contribution in [2.24, 2.45) is 0 Å². The summed E-state index contributed by atoms with van der Waals surface area (Å²) in [5.41, 5.74) is 1.19. The Morgan fingerprint density at radius 1 is 1.00 bits per heavy atom. The van der Waals surface area contributed by atoms with Gasteiger partial charge in [0, 0.05) is 12.1 Å². The highest BCUT2D eigenvalue weighted by atomic mass is 16.5. The second-order valence-electron chi connectivity index (χ2n) is 5.65. The molecule has 0 bridgehead atoms. The number of methoxy groups -OCH3 is 1. The van der Waals surface area contributed by atoms with Gasteiger partial charge in [-0.05, 0) is 24.6 Å². The van der Waals surface area contributed by atoms with E-state index in [1.807, 2.05) is 0 Å². The molecule has 7 heteroatoms. The molecular weight excluding hydrogens is 348 g/mol. The predicted octanol–water partition coefficient (Wildman–Crippen LogP) is 2.37. The quantitative estimate of drug-likeness (QED) is 0.730. The minimum absolute atomic E-state index is 0.0121. The number of benzene rings is 2. The summed E-state index contributed by atoms with van der Waals surface area (Å²) in [5.74, 6) is -0.620. The van der Waals surface area contributed by atoms with Gasteiger partial charge < -0.3 is 14.8 Å². The zero-order valence-corrected chi connectivity index (χ0v) is 15.2. The number of rotatable bonds is 7. The topological polar surface area (TPSA) is 93.7 Å². The molecule has 3 amide bonds. The maximum Gasteiger partial charge on any atom is 0.321 e. The van der Waals surface area contributed by atoms with Crippen LogP contribution in [0.3, 0.4) is 0 Å². The summed E-state index contributed by atoms with van der Waals surface area (Å²) in [6.07, 6.45) is -1.23. The van der Waals surface area contributed by atoms with Crippen molar-refractivity contribution in [2.45, 2.75) is 19.4 Å². The van der Waals surface area contributed by atoms with Crippen LogP contribution in [0.25, 0.3) is 0 Å². The van der Waals surface area contributed by atoms with Crippen LogP contribution in [0.4, 0.5) is 4.79 Å². The molecule has 1 atom stereocenters. The predicted molar refractivity (Wildman–Crippen MR) is 99.2 cm³/mol. The third kappa shape index (κ3) is 6.14. The number of esters is 1. The molecule has 0 aliphatic rings. The van der Waals surface area contributed by atoms with E-state index in [1.54, 1.807) is 68.6 Å². The van der Waals surface area contributed by atoms with Gasteiger partial charge in [-0.2, -0.15) is 0 Å². The Balaban J connectivity index is 2.09. The van der Waals surface area contributed by atoms with Gasteiger partial charge in [0.15, 0.2) is 0 Å². The molecule has 0 aliphatic carbocycles. The van der Waals surface area contributed by atoms with E-state index in [0.717, 1.165) is 5.56 Å². The molecule has 2 N–H and O–H groups in total. The lowest BCUT2D eigenvalue weighted by molar-refractivity contribution is -0.155. The van der Waals surface area contributed by atoms with Crippen molar-refractivity contribution in [1.29, 1.82) is 0 Å². The lowest BCUT2D eigenvalue weighted by atomic mass is 10.1. The SMILES string of the molecule is CCNC(=O)NC(=O)[C@@H](OC(=O)Cc1ccc(OC)cc1)c1ccccc1. The van der Waals surface area contributed by atoms with E-state index in [-0.39, 0.29) is 6.42 Å². The van der Waals surface area contributed by atoms with E-state index in [4.69, 9.17) is 9.47 Å². The molecular formula is C20H22N2O5. The second kappa shape index (κ2) is 9.96. The summed E-state index contributed by atoms with van der Waals surface area (Å²) in [6, 6.07) is 14.8. The minimum Gasteiger partial charge on any atom is -0.497 e. The van der Waals surface area contributed by atoms with E-state index in [0.29, 0.717) is 17.9 Å². The van der Waals surface area contributed by atoms with Crippen LogP contribution in [0.5, 0.6) is 5.75 Å². The summed E-state index contributed by atoms with van der Waals surface area (Å²) in [5, 5.41) is 4.64. The van der Waals surface area contributed by atoms with Gasteiger partial charge in [0.2, 0.25) is 6.10 Å². The van der Waals surface area contributed by atoms with E-state index in [2.05, 4.69) is 10.6 Å². The summed E-state index contributed by atoms with van der Waals surface area (Å²) in [4.78, 5) is 36.4. The molecule has 142 valence electrons. The lowest BCUT2D eigenvalue weighted by Crippen LogP contribution is -2.42. The number of imide groups is 1. The molecule has 0 unspecified atom stereocenters. The van der Waals surface area contributed by atoms with E-state index in [9.17, 15) is 14.4 Å². The minimum atomic E-state index is -1.22. The standard InChI is InChI=1S/C20H22N2O5/c1-3-21-20(25)22-19(24)18(15-7-5-4-6-8-15)27-17(23)13-14-9-11-16(26-2)12-10-14/h4-12,18H,3,13H2,1-2H3,(H2,21,22,24,25)/t18-/m0/s1. The Hall–Kier alpha value is -3.35. The smallest absolute Gasteiger partial charge is 0.321 e. The van der Waals surface area contributed by atoms with E-state index in [1.165, 1.54) is 0 Å². The molecule has 2 aromatic carbocycles.